The van der Waals surface area contributed by atoms with E-state index in [2.05, 4.69) is 20.6 Å². The molecule has 0 saturated heterocycles. The monoisotopic (exact) mass is 361 g/mol. The highest BCUT2D eigenvalue weighted by Gasteiger charge is 2.15. The van der Waals surface area contributed by atoms with Gasteiger partial charge in [0.2, 0.25) is 5.95 Å². The molecule has 6 nitrogen and oxygen atoms in total. The van der Waals surface area contributed by atoms with Crippen molar-refractivity contribution in [2.45, 2.75) is 26.3 Å². The molecule has 4 N–H and O–H groups in total. The molecule has 3 rings (SSSR count). The number of aromatic nitrogens is 2. The Bertz CT molecular complexity index is 948. The van der Waals surface area contributed by atoms with E-state index in [1.807, 2.05) is 51.1 Å². The Labute approximate surface area is 158 Å². The normalized spacial score (nSPS) is 11.1. The maximum Gasteiger partial charge on any atom is 0.256 e. The maximum absolute atomic E-state index is 12.6. The summed E-state index contributed by atoms with van der Waals surface area (Å²) in [5.74, 6) is 0.594. The van der Waals surface area contributed by atoms with Gasteiger partial charge >= 0.3 is 0 Å². The molecule has 1 amide bonds. The number of hydrogen-bond acceptors (Lipinski definition) is 5. The van der Waals surface area contributed by atoms with Crippen LogP contribution in [0.1, 0.15) is 31.1 Å². The molecular weight excluding hydrogens is 338 g/mol. The highest BCUT2D eigenvalue weighted by molar-refractivity contribution is 6.04. The third-order valence-corrected chi connectivity index (χ3v) is 3.67. The van der Waals surface area contributed by atoms with Crippen molar-refractivity contribution in [2.24, 2.45) is 0 Å². The number of nitrogen functional groups attached to an aromatic ring is 1. The van der Waals surface area contributed by atoms with Crippen molar-refractivity contribution in [3.05, 3.63) is 66.2 Å². The second kappa shape index (κ2) is 7.45. The Morgan fingerprint density at radius 3 is 2.37 bits per heavy atom. The van der Waals surface area contributed by atoms with Gasteiger partial charge in [-0.3, -0.25) is 4.79 Å². The van der Waals surface area contributed by atoms with Crippen LogP contribution in [0, 0.1) is 0 Å². The van der Waals surface area contributed by atoms with Gasteiger partial charge in [0.25, 0.3) is 5.91 Å². The van der Waals surface area contributed by atoms with Gasteiger partial charge in [-0.1, -0.05) is 36.4 Å². The Balaban J connectivity index is 1.96. The number of amides is 1. The van der Waals surface area contributed by atoms with E-state index in [1.165, 1.54) is 0 Å². The number of benzene rings is 2. The molecule has 0 aliphatic rings. The van der Waals surface area contributed by atoms with Gasteiger partial charge in [0, 0.05) is 28.4 Å². The first-order chi connectivity index (χ1) is 12.8. The lowest BCUT2D eigenvalue weighted by atomic mass is 10.1. The van der Waals surface area contributed by atoms with Crippen molar-refractivity contribution in [2.75, 3.05) is 16.4 Å². The predicted octanol–water partition coefficient (Wildman–Crippen LogP) is 4.19. The summed E-state index contributed by atoms with van der Waals surface area (Å²) in [4.78, 5) is 21.6. The zero-order valence-corrected chi connectivity index (χ0v) is 15.7. The van der Waals surface area contributed by atoms with Gasteiger partial charge in [0.05, 0.1) is 5.69 Å². The average molecular weight is 361 g/mol. The number of hydrogen-bond donors (Lipinski definition) is 3. The SMILES string of the molecule is CC(C)(C)Nc1nc(NC(=O)c2cccc(N)c2)cc(-c2ccccc2)n1. The molecule has 2 aromatic carbocycles. The quantitative estimate of drug-likeness (QED) is 0.606. The first kappa shape index (κ1) is 18.4. The highest BCUT2D eigenvalue weighted by atomic mass is 16.1. The topological polar surface area (TPSA) is 92.9 Å². The molecule has 0 radical (unpaired) electrons. The van der Waals surface area contributed by atoms with Crippen LogP contribution in [0.5, 0.6) is 0 Å². The van der Waals surface area contributed by atoms with Crippen molar-refractivity contribution < 1.29 is 4.79 Å². The highest BCUT2D eigenvalue weighted by Crippen LogP contribution is 2.23. The summed E-state index contributed by atoms with van der Waals surface area (Å²) in [5.41, 5.74) is 8.22. The molecule has 1 aromatic heterocycles. The lowest BCUT2D eigenvalue weighted by molar-refractivity contribution is 0.102. The standard InChI is InChI=1S/C21H23N5O/c1-21(2,3)26-20-23-17(14-8-5-4-6-9-14)13-18(25-20)24-19(27)15-10-7-11-16(22)12-15/h4-13H,22H2,1-3H3,(H2,23,24,25,26,27). The van der Waals surface area contributed by atoms with Crippen molar-refractivity contribution in [3.8, 4) is 11.3 Å². The van der Waals surface area contributed by atoms with E-state index in [-0.39, 0.29) is 11.4 Å². The van der Waals surface area contributed by atoms with Gasteiger partial charge in [0.1, 0.15) is 5.82 Å². The summed E-state index contributed by atoms with van der Waals surface area (Å²) in [6.07, 6.45) is 0. The van der Waals surface area contributed by atoms with Crippen LogP contribution in [0.25, 0.3) is 11.3 Å². The number of nitrogens with two attached hydrogens (primary N) is 1. The smallest absolute Gasteiger partial charge is 0.256 e. The van der Waals surface area contributed by atoms with E-state index in [1.54, 1.807) is 30.3 Å². The third-order valence-electron chi connectivity index (χ3n) is 3.67. The molecule has 0 aliphatic heterocycles. The molecule has 0 atom stereocenters. The van der Waals surface area contributed by atoms with Crippen molar-refractivity contribution >= 4 is 23.4 Å². The molecule has 27 heavy (non-hydrogen) atoms. The van der Waals surface area contributed by atoms with Gasteiger partial charge in [-0.05, 0) is 39.0 Å². The Kier molecular flexibility index (Phi) is 5.07. The molecule has 0 saturated carbocycles. The van der Waals surface area contributed by atoms with Crippen LogP contribution in [0.3, 0.4) is 0 Å². The fraction of sp³-hybridized carbons (Fsp3) is 0.190. The Morgan fingerprint density at radius 2 is 1.70 bits per heavy atom. The predicted molar refractivity (Wildman–Crippen MR) is 110 cm³/mol. The van der Waals surface area contributed by atoms with Crippen molar-refractivity contribution in [1.29, 1.82) is 0 Å². The second-order valence-electron chi connectivity index (χ2n) is 7.28. The van der Waals surface area contributed by atoms with Crippen LogP contribution < -0.4 is 16.4 Å². The van der Waals surface area contributed by atoms with E-state index in [9.17, 15) is 4.79 Å². The minimum atomic E-state index is -0.276. The molecule has 3 aromatic rings. The zero-order chi connectivity index (χ0) is 19.4. The number of nitrogens with one attached hydrogen (secondary N) is 2. The largest absolute Gasteiger partial charge is 0.399 e. The number of carbonyl (C=O) groups is 1. The number of rotatable bonds is 4. The molecule has 6 heteroatoms. The number of carbonyl (C=O) groups excluding carboxylic acids is 1. The minimum Gasteiger partial charge on any atom is -0.399 e. The maximum atomic E-state index is 12.6. The molecular formula is C21H23N5O. The molecule has 0 aliphatic carbocycles. The van der Waals surface area contributed by atoms with Gasteiger partial charge < -0.3 is 16.4 Å². The van der Waals surface area contributed by atoms with Crippen LogP contribution in [0.4, 0.5) is 17.5 Å². The molecule has 0 fully saturated rings. The Morgan fingerprint density at radius 1 is 0.963 bits per heavy atom. The zero-order valence-electron chi connectivity index (χ0n) is 15.7. The van der Waals surface area contributed by atoms with Crippen LogP contribution in [0.15, 0.2) is 60.7 Å². The summed E-state index contributed by atoms with van der Waals surface area (Å²) in [6, 6.07) is 18.3. The second-order valence-corrected chi connectivity index (χ2v) is 7.28. The fourth-order valence-electron chi connectivity index (χ4n) is 2.53. The third kappa shape index (κ3) is 5.04. The van der Waals surface area contributed by atoms with E-state index < -0.39 is 0 Å². The first-order valence-electron chi connectivity index (χ1n) is 8.70. The van der Waals surface area contributed by atoms with Gasteiger partial charge in [-0.15, -0.1) is 0 Å². The Hall–Kier alpha value is -3.41. The van der Waals surface area contributed by atoms with E-state index >= 15 is 0 Å². The lowest BCUT2D eigenvalue weighted by Crippen LogP contribution is -2.27. The van der Waals surface area contributed by atoms with E-state index in [0.29, 0.717) is 23.0 Å². The van der Waals surface area contributed by atoms with Gasteiger partial charge in [-0.25, -0.2) is 4.98 Å². The number of anilines is 3. The molecule has 138 valence electrons. The summed E-state index contributed by atoms with van der Waals surface area (Å²) in [5, 5.41) is 6.10. The van der Waals surface area contributed by atoms with Crippen LogP contribution >= 0.6 is 0 Å². The van der Waals surface area contributed by atoms with Crippen LogP contribution in [-0.2, 0) is 0 Å². The van der Waals surface area contributed by atoms with E-state index in [0.717, 1.165) is 11.3 Å². The van der Waals surface area contributed by atoms with Crippen LogP contribution in [0.2, 0.25) is 0 Å². The first-order valence-corrected chi connectivity index (χ1v) is 8.70. The molecule has 0 bridgehead atoms. The summed E-state index contributed by atoms with van der Waals surface area (Å²) in [7, 11) is 0. The summed E-state index contributed by atoms with van der Waals surface area (Å²) in [6.45, 7) is 6.07. The summed E-state index contributed by atoms with van der Waals surface area (Å²) >= 11 is 0. The fourth-order valence-corrected chi connectivity index (χ4v) is 2.53. The molecule has 0 spiro atoms. The van der Waals surface area contributed by atoms with Crippen molar-refractivity contribution in [1.82, 2.24) is 9.97 Å². The van der Waals surface area contributed by atoms with E-state index in [4.69, 9.17) is 5.73 Å². The molecule has 0 unspecified atom stereocenters. The average Bonchev–Trinajstić information content (AvgIpc) is 2.61. The van der Waals surface area contributed by atoms with Gasteiger partial charge in [-0.2, -0.15) is 4.98 Å². The van der Waals surface area contributed by atoms with Gasteiger partial charge in [0.15, 0.2) is 0 Å². The van der Waals surface area contributed by atoms with Crippen molar-refractivity contribution in [3.63, 3.8) is 0 Å². The van der Waals surface area contributed by atoms with Crippen LogP contribution in [-0.4, -0.2) is 21.4 Å². The lowest BCUT2D eigenvalue weighted by Gasteiger charge is -2.21. The summed E-state index contributed by atoms with van der Waals surface area (Å²) < 4.78 is 0. The minimum absolute atomic E-state index is 0.218. The molecule has 1 heterocycles. The number of nitrogens with zero attached hydrogens (tertiary/aromatic N) is 2.